The Morgan fingerprint density at radius 2 is 1.96 bits per heavy atom. The van der Waals surface area contributed by atoms with E-state index < -0.39 is 5.97 Å². The highest BCUT2D eigenvalue weighted by Gasteiger charge is 2.20. The number of carbonyl (C=O) groups is 1. The third-order valence-electron chi connectivity index (χ3n) is 4.16. The van der Waals surface area contributed by atoms with E-state index in [2.05, 4.69) is 15.3 Å². The largest absolute Gasteiger partial charge is 0.488 e. The summed E-state index contributed by atoms with van der Waals surface area (Å²) in [5.74, 6) is 2.15. The molecule has 3 rings (SSSR count). The zero-order valence-corrected chi connectivity index (χ0v) is 16.3. The summed E-state index contributed by atoms with van der Waals surface area (Å²) < 4.78 is 21.4. The fourth-order valence-corrected chi connectivity index (χ4v) is 2.59. The Morgan fingerprint density at radius 3 is 2.61 bits per heavy atom. The molecule has 0 spiro atoms. The van der Waals surface area contributed by atoms with E-state index in [1.807, 2.05) is 6.92 Å². The lowest BCUT2D eigenvalue weighted by Gasteiger charge is -2.15. The van der Waals surface area contributed by atoms with E-state index in [1.54, 1.807) is 31.5 Å². The molecule has 0 amide bonds. The number of aromatic nitrogens is 2. The van der Waals surface area contributed by atoms with Crippen molar-refractivity contribution in [3.05, 3.63) is 36.2 Å². The minimum absolute atomic E-state index is 0.192. The maximum absolute atomic E-state index is 12.0. The Morgan fingerprint density at radius 1 is 1.18 bits per heavy atom. The molecule has 1 aliphatic carbocycles. The normalized spacial score (nSPS) is 14.2. The number of anilines is 1. The Kier molecular flexibility index (Phi) is 6.65. The van der Waals surface area contributed by atoms with E-state index in [0.29, 0.717) is 35.4 Å². The summed E-state index contributed by atoms with van der Waals surface area (Å²) in [6.45, 7) is 3.20. The summed E-state index contributed by atoms with van der Waals surface area (Å²) in [5, 5.41) is 3.25. The van der Waals surface area contributed by atoms with Crippen LogP contribution in [-0.4, -0.2) is 49.4 Å². The van der Waals surface area contributed by atoms with Gasteiger partial charge in [-0.15, -0.1) is 0 Å². The Bertz CT molecular complexity index is 793. The van der Waals surface area contributed by atoms with Crippen LogP contribution in [0.3, 0.4) is 0 Å². The third kappa shape index (κ3) is 5.82. The van der Waals surface area contributed by atoms with Gasteiger partial charge in [-0.3, -0.25) is 0 Å². The molecule has 1 aromatic carbocycles. The Labute approximate surface area is 164 Å². The van der Waals surface area contributed by atoms with Crippen LogP contribution in [0.2, 0.25) is 0 Å². The standard InChI is InChI=1S/C20H25N3O5/c1-13(12-25-2)27-16-6-15(20(24)26-3)7-17(8-16)28-19-11-22-18(10-23-19)21-9-14-4-5-14/h6-8,10-11,13-14H,4-5,9,12H2,1-3H3,(H,21,22)/t13-/m0/s1. The van der Waals surface area contributed by atoms with Gasteiger partial charge in [0.1, 0.15) is 23.4 Å². The summed E-state index contributed by atoms with van der Waals surface area (Å²) >= 11 is 0. The van der Waals surface area contributed by atoms with E-state index in [9.17, 15) is 4.79 Å². The van der Waals surface area contributed by atoms with Crippen LogP contribution < -0.4 is 14.8 Å². The number of hydrogen-bond donors (Lipinski definition) is 1. The van der Waals surface area contributed by atoms with Gasteiger partial charge in [0.25, 0.3) is 0 Å². The maximum Gasteiger partial charge on any atom is 0.338 e. The lowest BCUT2D eigenvalue weighted by Crippen LogP contribution is -2.18. The number of nitrogens with zero attached hydrogens (tertiary/aromatic N) is 2. The molecule has 0 radical (unpaired) electrons. The number of benzene rings is 1. The molecule has 1 fully saturated rings. The molecule has 0 saturated heterocycles. The van der Waals surface area contributed by atoms with Crippen molar-refractivity contribution in [2.24, 2.45) is 5.92 Å². The van der Waals surface area contributed by atoms with Gasteiger partial charge < -0.3 is 24.3 Å². The van der Waals surface area contributed by atoms with Gasteiger partial charge >= 0.3 is 5.97 Å². The summed E-state index contributed by atoms with van der Waals surface area (Å²) in [6, 6.07) is 4.85. The highest BCUT2D eigenvalue weighted by atomic mass is 16.5. The van der Waals surface area contributed by atoms with Crippen molar-refractivity contribution in [3.63, 3.8) is 0 Å². The molecular formula is C20H25N3O5. The second-order valence-electron chi connectivity index (χ2n) is 6.73. The van der Waals surface area contributed by atoms with Crippen LogP contribution >= 0.6 is 0 Å². The first-order valence-electron chi connectivity index (χ1n) is 9.20. The number of hydrogen-bond acceptors (Lipinski definition) is 8. The van der Waals surface area contributed by atoms with Crippen molar-refractivity contribution in [1.82, 2.24) is 9.97 Å². The van der Waals surface area contributed by atoms with E-state index in [0.717, 1.165) is 12.5 Å². The van der Waals surface area contributed by atoms with Gasteiger partial charge in [-0.05, 0) is 37.8 Å². The highest BCUT2D eigenvalue weighted by molar-refractivity contribution is 5.90. The number of esters is 1. The number of methoxy groups -OCH3 is 2. The second-order valence-corrected chi connectivity index (χ2v) is 6.73. The molecule has 28 heavy (non-hydrogen) atoms. The molecule has 2 aromatic rings. The number of nitrogens with one attached hydrogen (secondary N) is 1. The van der Waals surface area contributed by atoms with Crippen LogP contribution in [0, 0.1) is 5.92 Å². The molecule has 0 aliphatic heterocycles. The number of rotatable bonds is 10. The molecule has 1 atom stereocenters. The molecule has 150 valence electrons. The summed E-state index contributed by atoms with van der Waals surface area (Å²) in [4.78, 5) is 20.5. The molecule has 1 saturated carbocycles. The van der Waals surface area contributed by atoms with Crippen molar-refractivity contribution >= 4 is 11.8 Å². The van der Waals surface area contributed by atoms with E-state index in [4.69, 9.17) is 18.9 Å². The predicted octanol–water partition coefficient (Wildman–Crippen LogP) is 3.29. The number of carbonyl (C=O) groups excluding carboxylic acids is 1. The average molecular weight is 387 g/mol. The van der Waals surface area contributed by atoms with Crippen molar-refractivity contribution in [2.75, 3.05) is 32.7 Å². The summed E-state index contributed by atoms with van der Waals surface area (Å²) in [6.07, 6.45) is 5.51. The summed E-state index contributed by atoms with van der Waals surface area (Å²) in [5.41, 5.74) is 0.315. The Balaban J connectivity index is 1.72. The molecule has 0 unspecified atom stereocenters. The van der Waals surface area contributed by atoms with Crippen molar-refractivity contribution in [2.45, 2.75) is 25.9 Å². The maximum atomic E-state index is 12.0. The number of ether oxygens (including phenoxy) is 4. The van der Waals surface area contributed by atoms with Gasteiger partial charge in [0, 0.05) is 19.7 Å². The van der Waals surface area contributed by atoms with E-state index >= 15 is 0 Å². The minimum Gasteiger partial charge on any atom is -0.488 e. The minimum atomic E-state index is -0.486. The fraction of sp³-hybridized carbons (Fsp3) is 0.450. The molecule has 1 heterocycles. The topological polar surface area (TPSA) is 91.8 Å². The van der Waals surface area contributed by atoms with Gasteiger partial charge in [-0.1, -0.05) is 0 Å². The van der Waals surface area contributed by atoms with Gasteiger partial charge in [0.05, 0.1) is 31.7 Å². The van der Waals surface area contributed by atoms with E-state index in [1.165, 1.54) is 26.1 Å². The first-order valence-corrected chi connectivity index (χ1v) is 9.20. The SMILES string of the molecule is COC[C@H](C)Oc1cc(Oc2cnc(NCC3CC3)cn2)cc(C(=O)OC)c1. The van der Waals surface area contributed by atoms with Crippen LogP contribution in [0.15, 0.2) is 30.6 Å². The highest BCUT2D eigenvalue weighted by Crippen LogP contribution is 2.29. The smallest absolute Gasteiger partial charge is 0.338 e. The van der Waals surface area contributed by atoms with Gasteiger partial charge in [-0.2, -0.15) is 0 Å². The monoisotopic (exact) mass is 387 g/mol. The van der Waals surface area contributed by atoms with Crippen LogP contribution in [0.5, 0.6) is 17.4 Å². The molecule has 1 N–H and O–H groups in total. The molecular weight excluding hydrogens is 362 g/mol. The van der Waals surface area contributed by atoms with Crippen molar-refractivity contribution in [3.8, 4) is 17.4 Å². The molecule has 8 heteroatoms. The summed E-state index contributed by atoms with van der Waals surface area (Å²) in [7, 11) is 2.92. The van der Waals surface area contributed by atoms with Gasteiger partial charge in [-0.25, -0.2) is 14.8 Å². The lowest BCUT2D eigenvalue weighted by atomic mass is 10.2. The van der Waals surface area contributed by atoms with E-state index in [-0.39, 0.29) is 6.10 Å². The first-order chi connectivity index (χ1) is 13.6. The molecule has 1 aliphatic rings. The fourth-order valence-electron chi connectivity index (χ4n) is 2.59. The Hall–Kier alpha value is -2.87. The molecule has 1 aromatic heterocycles. The van der Waals surface area contributed by atoms with Crippen LogP contribution in [0.4, 0.5) is 5.82 Å². The zero-order chi connectivity index (χ0) is 19.9. The lowest BCUT2D eigenvalue weighted by molar-refractivity contribution is 0.0598. The first kappa shape index (κ1) is 19.9. The molecule has 8 nitrogen and oxygen atoms in total. The zero-order valence-electron chi connectivity index (χ0n) is 16.3. The van der Waals surface area contributed by atoms with Crippen molar-refractivity contribution < 1.29 is 23.7 Å². The predicted molar refractivity (Wildman–Crippen MR) is 103 cm³/mol. The van der Waals surface area contributed by atoms with Gasteiger partial charge in [0.15, 0.2) is 0 Å². The quantitative estimate of drug-likeness (QED) is 0.621. The van der Waals surface area contributed by atoms with Crippen molar-refractivity contribution in [1.29, 1.82) is 0 Å². The van der Waals surface area contributed by atoms with Gasteiger partial charge in [0.2, 0.25) is 5.88 Å². The van der Waals surface area contributed by atoms with Crippen LogP contribution in [0.1, 0.15) is 30.1 Å². The average Bonchev–Trinajstić information content (AvgIpc) is 3.51. The second kappa shape index (κ2) is 9.36. The third-order valence-corrected chi connectivity index (χ3v) is 4.16. The van der Waals surface area contributed by atoms with Crippen LogP contribution in [0.25, 0.3) is 0 Å². The molecule has 0 bridgehead atoms. The van der Waals surface area contributed by atoms with Crippen LogP contribution in [-0.2, 0) is 9.47 Å².